The summed E-state index contributed by atoms with van der Waals surface area (Å²) in [5.74, 6) is -0.244. The SMILES string of the molecule is Cc1ccc(NC(=O)Cn2ncc(=O)c3ccccc32)cc1Cl. The van der Waals surface area contributed by atoms with Gasteiger partial charge in [0, 0.05) is 16.1 Å². The zero-order valence-corrected chi connectivity index (χ0v) is 13.2. The van der Waals surface area contributed by atoms with Crippen LogP contribution in [0.3, 0.4) is 0 Å². The van der Waals surface area contributed by atoms with E-state index in [9.17, 15) is 9.59 Å². The smallest absolute Gasteiger partial charge is 0.246 e. The first kappa shape index (κ1) is 15.2. The van der Waals surface area contributed by atoms with Crippen LogP contribution in [0.2, 0.25) is 5.02 Å². The molecule has 0 spiro atoms. The van der Waals surface area contributed by atoms with E-state index in [2.05, 4.69) is 10.4 Å². The van der Waals surface area contributed by atoms with Gasteiger partial charge in [-0.1, -0.05) is 29.8 Å². The molecule has 0 atom stereocenters. The van der Waals surface area contributed by atoms with Crippen molar-refractivity contribution in [3.05, 3.63) is 69.5 Å². The number of rotatable bonds is 3. The van der Waals surface area contributed by atoms with Crippen LogP contribution in [-0.4, -0.2) is 15.7 Å². The van der Waals surface area contributed by atoms with Crippen LogP contribution in [0.5, 0.6) is 0 Å². The summed E-state index contributed by atoms with van der Waals surface area (Å²) in [5, 5.41) is 7.94. The molecule has 0 radical (unpaired) electrons. The molecule has 0 aliphatic carbocycles. The fourth-order valence-corrected chi connectivity index (χ4v) is 2.47. The van der Waals surface area contributed by atoms with E-state index in [1.165, 1.54) is 10.9 Å². The van der Waals surface area contributed by atoms with E-state index in [0.717, 1.165) is 5.56 Å². The molecule has 0 fully saturated rings. The van der Waals surface area contributed by atoms with E-state index in [4.69, 9.17) is 11.6 Å². The molecule has 0 aliphatic rings. The number of nitrogens with zero attached hydrogens (tertiary/aromatic N) is 2. The molecule has 6 heteroatoms. The summed E-state index contributed by atoms with van der Waals surface area (Å²) < 4.78 is 1.50. The summed E-state index contributed by atoms with van der Waals surface area (Å²) in [6.45, 7) is 1.90. The number of halogens is 1. The van der Waals surface area contributed by atoms with Crippen molar-refractivity contribution < 1.29 is 4.79 Å². The highest BCUT2D eigenvalue weighted by molar-refractivity contribution is 6.31. The molecule has 2 aromatic carbocycles. The van der Waals surface area contributed by atoms with Crippen LogP contribution in [-0.2, 0) is 11.3 Å². The van der Waals surface area contributed by atoms with Gasteiger partial charge >= 0.3 is 0 Å². The Bertz CT molecular complexity index is 950. The van der Waals surface area contributed by atoms with Crippen molar-refractivity contribution in [2.45, 2.75) is 13.5 Å². The summed E-state index contributed by atoms with van der Waals surface area (Å²) >= 11 is 6.05. The number of anilines is 1. The second-order valence-electron chi connectivity index (χ2n) is 5.20. The molecular weight excluding hydrogens is 314 g/mol. The Kier molecular flexibility index (Phi) is 4.12. The van der Waals surface area contributed by atoms with Gasteiger partial charge in [-0.05, 0) is 36.8 Å². The van der Waals surface area contributed by atoms with Gasteiger partial charge in [0.05, 0.1) is 11.7 Å². The van der Waals surface area contributed by atoms with Crippen molar-refractivity contribution in [1.82, 2.24) is 9.78 Å². The van der Waals surface area contributed by atoms with Crippen molar-refractivity contribution >= 4 is 34.1 Å². The fourth-order valence-electron chi connectivity index (χ4n) is 2.29. The quantitative estimate of drug-likeness (QED) is 0.804. The lowest BCUT2D eigenvalue weighted by atomic mass is 10.2. The van der Waals surface area contributed by atoms with Crippen molar-refractivity contribution in [1.29, 1.82) is 0 Å². The first-order chi connectivity index (χ1) is 11.0. The number of hydrogen-bond acceptors (Lipinski definition) is 3. The molecule has 1 amide bonds. The van der Waals surface area contributed by atoms with Crippen LogP contribution in [0.25, 0.3) is 10.9 Å². The Hall–Kier alpha value is -2.66. The van der Waals surface area contributed by atoms with Gasteiger partial charge < -0.3 is 5.32 Å². The number of aromatic nitrogens is 2. The van der Waals surface area contributed by atoms with Crippen LogP contribution >= 0.6 is 11.6 Å². The average Bonchev–Trinajstić information content (AvgIpc) is 2.54. The summed E-state index contributed by atoms with van der Waals surface area (Å²) in [7, 11) is 0. The van der Waals surface area contributed by atoms with E-state index in [1.807, 2.05) is 13.0 Å². The number of benzene rings is 2. The van der Waals surface area contributed by atoms with Crippen LogP contribution in [0.15, 0.2) is 53.5 Å². The highest BCUT2D eigenvalue weighted by Gasteiger charge is 2.09. The van der Waals surface area contributed by atoms with Crippen molar-refractivity contribution in [3.8, 4) is 0 Å². The van der Waals surface area contributed by atoms with Gasteiger partial charge in [0.25, 0.3) is 0 Å². The Morgan fingerprint density at radius 3 is 2.83 bits per heavy atom. The topological polar surface area (TPSA) is 64.0 Å². The summed E-state index contributed by atoms with van der Waals surface area (Å²) in [6, 6.07) is 12.4. The molecule has 1 N–H and O–H groups in total. The van der Waals surface area contributed by atoms with E-state index in [-0.39, 0.29) is 17.9 Å². The number of carbonyl (C=O) groups is 1. The number of aryl methyl sites for hydroxylation is 1. The lowest BCUT2D eigenvalue weighted by molar-refractivity contribution is -0.116. The van der Waals surface area contributed by atoms with E-state index in [0.29, 0.717) is 21.6 Å². The third-order valence-electron chi connectivity index (χ3n) is 3.51. The van der Waals surface area contributed by atoms with Gasteiger partial charge in [0.15, 0.2) is 0 Å². The van der Waals surface area contributed by atoms with Crippen LogP contribution in [0, 0.1) is 6.92 Å². The fraction of sp³-hybridized carbons (Fsp3) is 0.118. The Labute approximate surface area is 137 Å². The van der Waals surface area contributed by atoms with Crippen molar-refractivity contribution in [2.24, 2.45) is 0 Å². The van der Waals surface area contributed by atoms with E-state index < -0.39 is 0 Å². The van der Waals surface area contributed by atoms with Crippen molar-refractivity contribution in [3.63, 3.8) is 0 Å². The normalized spacial score (nSPS) is 10.7. The molecule has 0 aliphatic heterocycles. The molecular formula is C17H14ClN3O2. The van der Waals surface area contributed by atoms with Crippen LogP contribution < -0.4 is 10.7 Å². The number of fused-ring (bicyclic) bond motifs is 1. The Morgan fingerprint density at radius 2 is 2.04 bits per heavy atom. The van der Waals surface area contributed by atoms with Gasteiger partial charge in [0.1, 0.15) is 6.54 Å². The van der Waals surface area contributed by atoms with E-state index >= 15 is 0 Å². The first-order valence-corrected chi connectivity index (χ1v) is 7.43. The van der Waals surface area contributed by atoms with Gasteiger partial charge in [0.2, 0.25) is 11.3 Å². The lowest BCUT2D eigenvalue weighted by Crippen LogP contribution is -2.22. The zero-order chi connectivity index (χ0) is 16.4. The molecule has 3 aromatic rings. The second-order valence-corrected chi connectivity index (χ2v) is 5.60. The number of carbonyl (C=O) groups excluding carboxylic acids is 1. The average molecular weight is 328 g/mol. The molecule has 0 saturated carbocycles. The maximum atomic E-state index is 12.2. The maximum absolute atomic E-state index is 12.2. The molecule has 3 rings (SSSR count). The third-order valence-corrected chi connectivity index (χ3v) is 3.92. The minimum Gasteiger partial charge on any atom is -0.324 e. The van der Waals surface area contributed by atoms with Gasteiger partial charge in [-0.25, -0.2) is 0 Å². The molecule has 1 aromatic heterocycles. The second kappa shape index (κ2) is 6.22. The number of nitrogens with one attached hydrogen (secondary N) is 1. The molecule has 0 bridgehead atoms. The molecule has 23 heavy (non-hydrogen) atoms. The highest BCUT2D eigenvalue weighted by atomic mass is 35.5. The number of hydrogen-bond donors (Lipinski definition) is 1. The minimum atomic E-state index is -0.244. The standard InChI is InChI=1S/C17H14ClN3O2/c1-11-6-7-12(8-14(11)18)20-17(23)10-21-15-5-3-2-4-13(15)16(22)9-19-21/h2-9H,10H2,1H3,(H,20,23). The third kappa shape index (κ3) is 3.24. The first-order valence-electron chi connectivity index (χ1n) is 7.05. The van der Waals surface area contributed by atoms with Crippen LogP contribution in [0.4, 0.5) is 5.69 Å². The molecule has 0 saturated heterocycles. The summed E-state index contributed by atoms with van der Waals surface area (Å²) in [5.41, 5.74) is 2.02. The van der Waals surface area contributed by atoms with Crippen LogP contribution in [0.1, 0.15) is 5.56 Å². The monoisotopic (exact) mass is 327 g/mol. The molecule has 1 heterocycles. The Balaban J connectivity index is 1.84. The van der Waals surface area contributed by atoms with Crippen molar-refractivity contribution in [2.75, 3.05) is 5.32 Å². The maximum Gasteiger partial charge on any atom is 0.246 e. The van der Waals surface area contributed by atoms with Gasteiger partial charge in [-0.2, -0.15) is 5.10 Å². The van der Waals surface area contributed by atoms with Gasteiger partial charge in [-0.15, -0.1) is 0 Å². The lowest BCUT2D eigenvalue weighted by Gasteiger charge is -2.10. The highest BCUT2D eigenvalue weighted by Crippen LogP contribution is 2.20. The minimum absolute atomic E-state index is 0.00624. The number of amides is 1. The Morgan fingerprint density at radius 1 is 1.26 bits per heavy atom. The molecule has 5 nitrogen and oxygen atoms in total. The zero-order valence-electron chi connectivity index (χ0n) is 12.4. The van der Waals surface area contributed by atoms with E-state index in [1.54, 1.807) is 36.4 Å². The predicted octanol–water partition coefficient (Wildman–Crippen LogP) is 3.00. The molecule has 0 unspecified atom stereocenters. The van der Waals surface area contributed by atoms with Gasteiger partial charge in [-0.3, -0.25) is 14.3 Å². The summed E-state index contributed by atoms with van der Waals surface area (Å²) in [6.07, 6.45) is 1.22. The summed E-state index contributed by atoms with van der Waals surface area (Å²) in [4.78, 5) is 24.0. The number of para-hydroxylation sites is 1. The molecule has 116 valence electrons. The predicted molar refractivity (Wildman–Crippen MR) is 90.8 cm³/mol. The largest absolute Gasteiger partial charge is 0.324 e.